The molecule has 2 aliphatic rings. The largest absolute Gasteiger partial charge is 0.477 e. The lowest BCUT2D eigenvalue weighted by atomic mass is 10.1. The quantitative estimate of drug-likeness (QED) is 0.284. The Morgan fingerprint density at radius 2 is 2.24 bits per heavy atom. The number of nitrogen functional groups attached to an aromatic ring is 1. The van der Waals surface area contributed by atoms with Crippen LogP contribution in [-0.2, 0) is 33.6 Å². The Bertz CT molecular complexity index is 901. The molecule has 2 aliphatic heterocycles. The lowest BCUT2D eigenvalue weighted by Gasteiger charge is -2.30. The molecule has 1 unspecified atom stereocenters. The van der Waals surface area contributed by atoms with Gasteiger partial charge in [-0.1, -0.05) is 5.16 Å². The summed E-state index contributed by atoms with van der Waals surface area (Å²) in [5.74, 6) is -4.05. The summed E-state index contributed by atoms with van der Waals surface area (Å²) in [4.78, 5) is 62.6. The number of nitrogens with zero attached hydrogens (tertiary/aromatic N) is 3. The van der Waals surface area contributed by atoms with Gasteiger partial charge in [0.1, 0.15) is 24.9 Å². The maximum Gasteiger partial charge on any atom is 0.372 e. The van der Waals surface area contributed by atoms with Crippen molar-refractivity contribution in [2.75, 3.05) is 12.8 Å². The lowest BCUT2D eigenvalue weighted by molar-refractivity contribution is -0.266. The monoisotopic (exact) mass is 427 g/mol. The number of nitrogens with two attached hydrogens (primary N) is 1. The van der Waals surface area contributed by atoms with Crippen molar-refractivity contribution in [2.45, 2.75) is 37.6 Å². The number of hydrogen-bond acceptors (Lipinski definition) is 11. The van der Waals surface area contributed by atoms with E-state index in [9.17, 15) is 24.3 Å². The summed E-state index contributed by atoms with van der Waals surface area (Å²) < 4.78 is 4.89. The highest BCUT2D eigenvalue weighted by atomic mass is 32.1. The van der Waals surface area contributed by atoms with Gasteiger partial charge in [0.15, 0.2) is 10.8 Å². The normalized spacial score (nSPS) is 27.1. The number of esters is 1. The number of rotatable bonds is 6. The van der Waals surface area contributed by atoms with Crippen LogP contribution in [0.25, 0.3) is 0 Å². The number of aromatic nitrogens is 1. The van der Waals surface area contributed by atoms with Gasteiger partial charge in [0.25, 0.3) is 11.8 Å². The number of aliphatic carboxylic acids is 1. The molecule has 0 saturated carbocycles. The number of carboxylic acid groups (broad SMARTS) is 1. The maximum absolute atomic E-state index is 12.8. The first-order chi connectivity index (χ1) is 13.7. The summed E-state index contributed by atoms with van der Waals surface area (Å²) in [7, 11) is 1.22. The van der Waals surface area contributed by atoms with Crippen LogP contribution in [0.2, 0.25) is 0 Å². The van der Waals surface area contributed by atoms with Crippen LogP contribution in [0.5, 0.6) is 0 Å². The Kier molecular flexibility index (Phi) is 5.39. The number of thiazole rings is 1. The summed E-state index contributed by atoms with van der Waals surface area (Å²) in [5.41, 5.74) is 3.18. The van der Waals surface area contributed by atoms with E-state index in [0.717, 1.165) is 11.3 Å². The minimum absolute atomic E-state index is 0.134. The predicted octanol–water partition coefficient (Wildman–Crippen LogP) is -1.16. The molecule has 3 rings (SSSR count). The molecule has 0 aromatic carbocycles. The molecule has 4 N–H and O–H groups in total. The molecular formula is C15H17N5O8S. The Hall–Kier alpha value is -3.26. The van der Waals surface area contributed by atoms with Crippen LogP contribution in [0.1, 0.15) is 25.5 Å². The highest BCUT2D eigenvalue weighted by Gasteiger charge is 2.60. The lowest BCUT2D eigenvalue weighted by Crippen LogP contribution is -2.57. The Morgan fingerprint density at radius 3 is 2.76 bits per heavy atom. The molecule has 0 aliphatic carbocycles. The van der Waals surface area contributed by atoms with E-state index in [1.54, 1.807) is 0 Å². The SMILES string of the molecule is CO/N=C(\C(=O)N[C@@H]1C(=O)N(C2(C(=O)O)CCC(=O)O2)O[C@@H]1C)c1csc(N)n1. The van der Waals surface area contributed by atoms with Crippen LogP contribution in [0.4, 0.5) is 5.13 Å². The van der Waals surface area contributed by atoms with Gasteiger partial charge in [0, 0.05) is 11.8 Å². The summed E-state index contributed by atoms with van der Waals surface area (Å²) >= 11 is 1.08. The van der Waals surface area contributed by atoms with Gasteiger partial charge < -0.3 is 25.7 Å². The third kappa shape index (κ3) is 3.58. The van der Waals surface area contributed by atoms with Crippen molar-refractivity contribution >= 4 is 45.9 Å². The summed E-state index contributed by atoms with van der Waals surface area (Å²) in [5, 5.41) is 17.7. The molecule has 29 heavy (non-hydrogen) atoms. The molecular weight excluding hydrogens is 410 g/mol. The van der Waals surface area contributed by atoms with E-state index in [0.29, 0.717) is 5.06 Å². The van der Waals surface area contributed by atoms with Crippen LogP contribution in [0.3, 0.4) is 0 Å². The number of oxime groups is 1. The van der Waals surface area contributed by atoms with E-state index >= 15 is 0 Å². The van der Waals surface area contributed by atoms with Gasteiger partial charge in [0.2, 0.25) is 0 Å². The second-order valence-electron chi connectivity index (χ2n) is 6.15. The fraction of sp³-hybridized carbons (Fsp3) is 0.467. The fourth-order valence-corrected chi connectivity index (χ4v) is 3.44. The molecule has 156 valence electrons. The van der Waals surface area contributed by atoms with Gasteiger partial charge in [-0.25, -0.2) is 9.78 Å². The van der Waals surface area contributed by atoms with Crippen molar-refractivity contribution < 1.29 is 38.7 Å². The molecule has 3 atom stereocenters. The fourth-order valence-electron chi connectivity index (χ4n) is 2.89. The molecule has 0 spiro atoms. The molecule has 0 radical (unpaired) electrons. The smallest absolute Gasteiger partial charge is 0.372 e. The van der Waals surface area contributed by atoms with Crippen molar-refractivity contribution in [3.63, 3.8) is 0 Å². The third-order valence-electron chi connectivity index (χ3n) is 4.27. The molecule has 14 heteroatoms. The molecule has 1 aromatic rings. The van der Waals surface area contributed by atoms with Crippen LogP contribution >= 0.6 is 11.3 Å². The van der Waals surface area contributed by atoms with Crippen molar-refractivity contribution in [2.24, 2.45) is 5.16 Å². The number of carbonyl (C=O) groups excluding carboxylic acids is 3. The van der Waals surface area contributed by atoms with Crippen molar-refractivity contribution in [1.29, 1.82) is 0 Å². The van der Waals surface area contributed by atoms with Gasteiger partial charge in [-0.05, 0) is 6.92 Å². The number of carboxylic acids is 1. The van der Waals surface area contributed by atoms with Gasteiger partial charge in [-0.15, -0.1) is 11.3 Å². The number of ether oxygens (including phenoxy) is 1. The minimum atomic E-state index is -2.28. The number of hydroxylamine groups is 2. The standard InChI is InChI=1S/C15H17N5O8S/c1-6-9(18-11(22)10(19-26-2)7-5-29-14(16)17-7)12(23)20(28-6)15(13(24)25)4-3-8(21)27-15/h5-6,9H,3-4H2,1-2H3,(H2,16,17)(H,18,22)(H,24,25)/b19-10-/t6-,9+,15?/m1/s1. The Labute approximate surface area is 167 Å². The molecule has 1 aromatic heterocycles. The average molecular weight is 427 g/mol. The van der Waals surface area contributed by atoms with E-state index in [-0.39, 0.29) is 29.4 Å². The Morgan fingerprint density at radius 1 is 1.52 bits per heavy atom. The van der Waals surface area contributed by atoms with Crippen molar-refractivity contribution in [3.05, 3.63) is 11.1 Å². The number of amides is 2. The van der Waals surface area contributed by atoms with E-state index < -0.39 is 41.6 Å². The molecule has 3 heterocycles. The first-order valence-corrected chi connectivity index (χ1v) is 9.17. The molecule has 13 nitrogen and oxygen atoms in total. The van der Waals surface area contributed by atoms with E-state index in [1.165, 1.54) is 19.4 Å². The number of nitrogens with one attached hydrogen (secondary N) is 1. The Balaban J connectivity index is 1.82. The van der Waals surface area contributed by atoms with Crippen LogP contribution in [0, 0.1) is 0 Å². The second kappa shape index (κ2) is 7.63. The molecule has 2 fully saturated rings. The summed E-state index contributed by atoms with van der Waals surface area (Å²) in [6, 6.07) is -1.27. The van der Waals surface area contributed by atoms with Crippen LogP contribution in [0.15, 0.2) is 10.5 Å². The highest BCUT2D eigenvalue weighted by Crippen LogP contribution is 2.35. The van der Waals surface area contributed by atoms with Crippen molar-refractivity contribution in [1.82, 2.24) is 15.4 Å². The van der Waals surface area contributed by atoms with Gasteiger partial charge in [-0.3, -0.25) is 19.2 Å². The van der Waals surface area contributed by atoms with Crippen LogP contribution in [-0.4, -0.2) is 69.6 Å². The average Bonchev–Trinajstić information content (AvgIpc) is 3.34. The number of carbonyl (C=O) groups is 4. The van der Waals surface area contributed by atoms with Gasteiger partial charge >= 0.3 is 17.7 Å². The highest BCUT2D eigenvalue weighted by molar-refractivity contribution is 7.13. The molecule has 2 saturated heterocycles. The zero-order chi connectivity index (χ0) is 21.3. The van der Waals surface area contributed by atoms with Crippen molar-refractivity contribution in [3.8, 4) is 0 Å². The number of anilines is 1. The first kappa shape index (κ1) is 20.5. The van der Waals surface area contributed by atoms with Gasteiger partial charge in [-0.2, -0.15) is 5.06 Å². The second-order valence-corrected chi connectivity index (χ2v) is 7.04. The zero-order valence-corrected chi connectivity index (χ0v) is 16.1. The predicted molar refractivity (Wildman–Crippen MR) is 95.1 cm³/mol. The van der Waals surface area contributed by atoms with E-state index in [1.807, 2.05) is 0 Å². The topological polar surface area (TPSA) is 183 Å². The minimum Gasteiger partial charge on any atom is -0.477 e. The van der Waals surface area contributed by atoms with Crippen LogP contribution < -0.4 is 11.1 Å². The molecule has 0 bridgehead atoms. The van der Waals surface area contributed by atoms with E-state index in [4.69, 9.17) is 15.3 Å². The third-order valence-corrected chi connectivity index (χ3v) is 4.94. The van der Waals surface area contributed by atoms with Gasteiger partial charge in [0.05, 0.1) is 6.42 Å². The molecule has 2 amide bonds. The maximum atomic E-state index is 12.8. The summed E-state index contributed by atoms with van der Waals surface area (Å²) in [6.45, 7) is 1.45. The number of hydrogen-bond donors (Lipinski definition) is 3. The first-order valence-electron chi connectivity index (χ1n) is 8.29. The van der Waals surface area contributed by atoms with E-state index in [2.05, 4.69) is 20.3 Å². The zero-order valence-electron chi connectivity index (χ0n) is 15.3. The number of cyclic esters (lactones) is 1. The summed E-state index contributed by atoms with van der Waals surface area (Å²) in [6.07, 6.45) is -1.43.